The molecule has 6 heteroatoms. The Hall–Kier alpha value is -0.620. The van der Waals surface area contributed by atoms with Crippen molar-refractivity contribution in [3.05, 3.63) is 0 Å². The minimum Gasteiger partial charge on any atom is -0.480 e. The predicted octanol–water partition coefficient (Wildman–Crippen LogP) is 0.425. The number of carboxylic acid groups (broad SMARTS) is 1. The number of aliphatic carboxylic acids is 1. The minimum atomic E-state index is -3.64. The van der Waals surface area contributed by atoms with E-state index in [-0.39, 0.29) is 25.0 Å². The molecule has 0 spiro atoms. The Labute approximate surface area is 86.0 Å². The highest BCUT2D eigenvalue weighted by molar-refractivity contribution is 7.89. The van der Waals surface area contributed by atoms with Gasteiger partial charge in [0.2, 0.25) is 10.0 Å². The van der Waals surface area contributed by atoms with E-state index in [4.69, 9.17) is 6.48 Å². The lowest BCUT2D eigenvalue weighted by molar-refractivity contribution is -0.139. The molecule has 0 saturated carbocycles. The first-order chi connectivity index (χ1) is 6.78. The molecule has 0 amide bonds. The number of nitrogens with one attached hydrogen (secondary N) is 1. The first-order valence-corrected chi connectivity index (χ1v) is 5.95. The minimum absolute atomic E-state index is 0.0878. The second kappa shape index (κ2) is 5.31. The largest absolute Gasteiger partial charge is 0.480 e. The van der Waals surface area contributed by atoms with Crippen molar-refractivity contribution >= 4 is 16.0 Å². The SMILES string of the molecule is [2H]CCS(=O)(=O)N[C@@H](CC(C)C)C(=O)O. The van der Waals surface area contributed by atoms with Crippen LogP contribution in [0.4, 0.5) is 0 Å². The Kier molecular flexibility index (Phi) is 4.34. The van der Waals surface area contributed by atoms with Crippen LogP contribution in [0.2, 0.25) is 0 Å². The fraction of sp³-hybridized carbons (Fsp3) is 0.875. The molecular weight excluding hydrogens is 206 g/mol. The fourth-order valence-electron chi connectivity index (χ4n) is 0.946. The van der Waals surface area contributed by atoms with E-state index in [1.807, 2.05) is 13.8 Å². The van der Waals surface area contributed by atoms with E-state index in [9.17, 15) is 13.2 Å². The molecular formula is C8H17NO4S. The molecule has 0 heterocycles. The highest BCUT2D eigenvalue weighted by Gasteiger charge is 2.23. The number of hydrogen-bond donors (Lipinski definition) is 2. The second-order valence-corrected chi connectivity index (χ2v) is 5.33. The highest BCUT2D eigenvalue weighted by atomic mass is 32.2. The van der Waals surface area contributed by atoms with Crippen molar-refractivity contribution in [3.8, 4) is 0 Å². The van der Waals surface area contributed by atoms with Crippen molar-refractivity contribution < 1.29 is 19.7 Å². The molecule has 0 aromatic carbocycles. The standard InChI is InChI=1S/C8H17NO4S/c1-4-14(12,13)9-7(8(10)11)5-6(2)3/h6-7,9H,4-5H2,1-3H3,(H,10,11)/t7-/m0/s1/i1D. The molecule has 1 atom stereocenters. The average molecular weight is 224 g/mol. The van der Waals surface area contributed by atoms with Gasteiger partial charge in [-0.15, -0.1) is 0 Å². The first-order valence-electron chi connectivity index (χ1n) is 5.01. The van der Waals surface area contributed by atoms with E-state index in [1.54, 1.807) is 0 Å². The fourth-order valence-corrected chi connectivity index (χ4v) is 1.69. The maximum absolute atomic E-state index is 11.2. The summed E-state index contributed by atoms with van der Waals surface area (Å²) in [6, 6.07) is -1.10. The zero-order chi connectivity index (χ0) is 12.1. The summed E-state index contributed by atoms with van der Waals surface area (Å²) in [5, 5.41) is 8.78. The predicted molar refractivity (Wildman–Crippen MR) is 53.5 cm³/mol. The van der Waals surface area contributed by atoms with Crippen LogP contribution in [0.5, 0.6) is 0 Å². The first kappa shape index (κ1) is 11.5. The maximum atomic E-state index is 11.2. The second-order valence-electron chi connectivity index (χ2n) is 3.46. The molecule has 0 rings (SSSR count). The van der Waals surface area contributed by atoms with E-state index in [1.165, 1.54) is 0 Å². The van der Waals surface area contributed by atoms with Crippen molar-refractivity contribution in [2.75, 3.05) is 5.75 Å². The van der Waals surface area contributed by atoms with Crippen LogP contribution >= 0.6 is 0 Å². The van der Waals surface area contributed by atoms with Gasteiger partial charge >= 0.3 is 5.97 Å². The lowest BCUT2D eigenvalue weighted by Gasteiger charge is -2.15. The summed E-state index contributed by atoms with van der Waals surface area (Å²) in [5.74, 6) is -1.46. The Morgan fingerprint density at radius 2 is 2.14 bits per heavy atom. The molecule has 0 aliphatic rings. The summed E-state index contributed by atoms with van der Waals surface area (Å²) in [6.07, 6.45) is 0.243. The summed E-state index contributed by atoms with van der Waals surface area (Å²) in [7, 11) is -3.64. The van der Waals surface area contributed by atoms with Gasteiger partial charge in [0.15, 0.2) is 0 Å². The normalized spacial score (nSPS) is 15.2. The summed E-state index contributed by atoms with van der Waals surface area (Å²) in [6.45, 7) is 3.35. The van der Waals surface area contributed by atoms with Crippen LogP contribution in [-0.4, -0.2) is 31.3 Å². The lowest BCUT2D eigenvalue weighted by atomic mass is 10.1. The van der Waals surface area contributed by atoms with Crippen molar-refractivity contribution in [2.24, 2.45) is 5.92 Å². The number of sulfonamides is 1. The van der Waals surface area contributed by atoms with Gasteiger partial charge in [-0.2, -0.15) is 0 Å². The zero-order valence-electron chi connectivity index (χ0n) is 9.36. The maximum Gasteiger partial charge on any atom is 0.321 e. The van der Waals surface area contributed by atoms with Crippen LogP contribution in [0, 0.1) is 5.92 Å². The molecule has 0 bridgehead atoms. The van der Waals surface area contributed by atoms with E-state index in [2.05, 4.69) is 4.72 Å². The Morgan fingerprint density at radius 1 is 1.57 bits per heavy atom. The van der Waals surface area contributed by atoms with E-state index in [0.717, 1.165) is 0 Å². The molecule has 0 aliphatic heterocycles. The molecule has 0 aromatic rings. The van der Waals surface area contributed by atoms with Crippen LogP contribution in [0.25, 0.3) is 0 Å². The van der Waals surface area contributed by atoms with E-state index < -0.39 is 22.0 Å². The smallest absolute Gasteiger partial charge is 0.321 e. The third kappa shape index (κ3) is 5.18. The Balaban J connectivity index is 4.48. The number of carbonyl (C=O) groups is 1. The van der Waals surface area contributed by atoms with Crippen molar-refractivity contribution in [2.45, 2.75) is 33.2 Å². The van der Waals surface area contributed by atoms with Crippen LogP contribution in [0.3, 0.4) is 0 Å². The van der Waals surface area contributed by atoms with Gasteiger partial charge in [-0.1, -0.05) is 13.8 Å². The van der Waals surface area contributed by atoms with Gasteiger partial charge in [0, 0.05) is 1.37 Å². The molecule has 5 nitrogen and oxygen atoms in total. The summed E-state index contributed by atoms with van der Waals surface area (Å²) >= 11 is 0. The molecule has 0 aliphatic carbocycles. The van der Waals surface area contributed by atoms with Crippen LogP contribution in [0.15, 0.2) is 0 Å². The monoisotopic (exact) mass is 224 g/mol. The van der Waals surface area contributed by atoms with Crippen LogP contribution in [-0.2, 0) is 14.8 Å². The quantitative estimate of drug-likeness (QED) is 0.685. The Bertz CT molecular complexity index is 302. The molecule has 2 N–H and O–H groups in total. The molecule has 0 aromatic heterocycles. The van der Waals surface area contributed by atoms with Gasteiger partial charge in [0.05, 0.1) is 5.75 Å². The van der Waals surface area contributed by atoms with Crippen LogP contribution < -0.4 is 4.72 Å². The molecule has 0 fully saturated rings. The zero-order valence-corrected chi connectivity index (χ0v) is 9.17. The van der Waals surface area contributed by atoms with Gasteiger partial charge in [-0.3, -0.25) is 4.79 Å². The van der Waals surface area contributed by atoms with E-state index in [0.29, 0.717) is 0 Å². The lowest BCUT2D eigenvalue weighted by Crippen LogP contribution is -2.42. The topological polar surface area (TPSA) is 83.5 Å². The molecule has 14 heavy (non-hydrogen) atoms. The van der Waals surface area contributed by atoms with Crippen molar-refractivity contribution in [1.82, 2.24) is 4.72 Å². The summed E-state index contributed by atoms with van der Waals surface area (Å²) < 4.78 is 31.3. The van der Waals surface area contributed by atoms with Gasteiger partial charge in [-0.05, 0) is 19.2 Å². The van der Waals surface area contributed by atoms with Gasteiger partial charge < -0.3 is 5.11 Å². The molecule has 0 unspecified atom stereocenters. The third-order valence-corrected chi connectivity index (χ3v) is 2.78. The van der Waals surface area contributed by atoms with E-state index >= 15 is 0 Å². The van der Waals surface area contributed by atoms with Gasteiger partial charge in [-0.25, -0.2) is 13.1 Å². The number of hydrogen-bond acceptors (Lipinski definition) is 3. The third-order valence-electron chi connectivity index (χ3n) is 1.60. The van der Waals surface area contributed by atoms with Crippen molar-refractivity contribution in [3.63, 3.8) is 0 Å². The molecule has 84 valence electrons. The average Bonchev–Trinajstić information content (AvgIpc) is 2.00. The Morgan fingerprint density at radius 3 is 2.50 bits per heavy atom. The highest BCUT2D eigenvalue weighted by Crippen LogP contribution is 2.06. The number of rotatable bonds is 6. The number of carboxylic acids is 1. The van der Waals surface area contributed by atoms with Gasteiger partial charge in [0.25, 0.3) is 0 Å². The molecule has 0 saturated heterocycles. The summed E-state index contributed by atoms with van der Waals surface area (Å²) in [4.78, 5) is 10.7. The van der Waals surface area contributed by atoms with Gasteiger partial charge in [0.1, 0.15) is 6.04 Å². The summed E-state index contributed by atoms with van der Waals surface area (Å²) in [5.41, 5.74) is 0. The van der Waals surface area contributed by atoms with Crippen molar-refractivity contribution in [1.29, 1.82) is 0 Å². The van der Waals surface area contributed by atoms with Crippen LogP contribution in [0.1, 0.15) is 28.5 Å². The molecule has 0 radical (unpaired) electrons.